The maximum absolute atomic E-state index is 6.37. The van der Waals surface area contributed by atoms with Gasteiger partial charge in [-0.3, -0.25) is 4.98 Å². The molecule has 6 nitrogen and oxygen atoms in total. The Bertz CT molecular complexity index is 854. The average Bonchev–Trinajstić information content (AvgIpc) is 3.33. The first-order valence-electron chi connectivity index (χ1n) is 8.79. The summed E-state index contributed by atoms with van der Waals surface area (Å²) >= 11 is 6.37. The van der Waals surface area contributed by atoms with Gasteiger partial charge in [0.25, 0.3) is 0 Å². The Balaban J connectivity index is 1.43. The van der Waals surface area contributed by atoms with E-state index in [1.54, 1.807) is 17.1 Å². The van der Waals surface area contributed by atoms with Crippen molar-refractivity contribution in [3.8, 4) is 23.2 Å². The molecule has 4 rings (SSSR count). The van der Waals surface area contributed by atoms with Crippen molar-refractivity contribution in [1.29, 1.82) is 0 Å². The summed E-state index contributed by atoms with van der Waals surface area (Å²) in [6.07, 6.45) is 5.60. The van der Waals surface area contributed by atoms with Crippen LogP contribution in [0.15, 0.2) is 18.5 Å². The second kappa shape index (κ2) is 6.99. The molecule has 2 aromatic heterocycles. The molecule has 0 aromatic carbocycles. The van der Waals surface area contributed by atoms with E-state index in [4.69, 9.17) is 21.1 Å². The SMILES string of the molecule is CC1(C)COC(Cn2cc(-c3ncc(C#CC4CC4)cc3Cl)nn2)OC1. The average molecular weight is 373 g/mol. The van der Waals surface area contributed by atoms with E-state index in [0.29, 0.717) is 42.1 Å². The Morgan fingerprint density at radius 2 is 2.08 bits per heavy atom. The molecule has 1 aliphatic carbocycles. The van der Waals surface area contributed by atoms with Crippen molar-refractivity contribution in [2.75, 3.05) is 13.2 Å². The van der Waals surface area contributed by atoms with Crippen LogP contribution in [0.4, 0.5) is 0 Å². The second-order valence-electron chi connectivity index (χ2n) is 7.64. The lowest BCUT2D eigenvalue weighted by Crippen LogP contribution is -2.39. The molecule has 2 fully saturated rings. The number of nitrogens with zero attached hydrogens (tertiary/aromatic N) is 4. The van der Waals surface area contributed by atoms with Crippen LogP contribution in [0, 0.1) is 23.2 Å². The van der Waals surface area contributed by atoms with E-state index in [1.807, 2.05) is 6.07 Å². The fraction of sp³-hybridized carbons (Fsp3) is 0.526. The molecule has 7 heteroatoms. The predicted octanol–water partition coefficient (Wildman–Crippen LogP) is 3.15. The topological polar surface area (TPSA) is 62.1 Å². The van der Waals surface area contributed by atoms with Crippen LogP contribution in [0.3, 0.4) is 0 Å². The molecule has 0 amide bonds. The Labute approximate surface area is 157 Å². The predicted molar refractivity (Wildman–Crippen MR) is 97.3 cm³/mol. The van der Waals surface area contributed by atoms with Crippen molar-refractivity contribution >= 4 is 11.6 Å². The quantitative estimate of drug-likeness (QED) is 0.774. The van der Waals surface area contributed by atoms with E-state index in [-0.39, 0.29) is 11.7 Å². The van der Waals surface area contributed by atoms with Crippen LogP contribution < -0.4 is 0 Å². The Morgan fingerprint density at radius 1 is 1.31 bits per heavy atom. The molecule has 2 aliphatic rings. The van der Waals surface area contributed by atoms with Gasteiger partial charge in [-0.2, -0.15) is 0 Å². The summed E-state index contributed by atoms with van der Waals surface area (Å²) in [6, 6.07) is 1.83. The van der Waals surface area contributed by atoms with E-state index in [2.05, 4.69) is 41.0 Å². The number of halogens is 1. The number of ether oxygens (including phenoxy) is 2. The monoisotopic (exact) mass is 372 g/mol. The molecular weight excluding hydrogens is 352 g/mol. The Morgan fingerprint density at radius 3 is 2.77 bits per heavy atom. The lowest BCUT2D eigenvalue weighted by molar-refractivity contribution is -0.227. The molecule has 2 aromatic rings. The number of hydrogen-bond acceptors (Lipinski definition) is 5. The van der Waals surface area contributed by atoms with Crippen LogP contribution in [0.5, 0.6) is 0 Å². The fourth-order valence-electron chi connectivity index (χ4n) is 2.59. The van der Waals surface area contributed by atoms with E-state index in [9.17, 15) is 0 Å². The minimum Gasteiger partial charge on any atom is -0.350 e. The van der Waals surface area contributed by atoms with Crippen LogP contribution in [0.1, 0.15) is 32.3 Å². The second-order valence-corrected chi connectivity index (χ2v) is 8.05. The fourth-order valence-corrected chi connectivity index (χ4v) is 2.85. The van der Waals surface area contributed by atoms with Crippen molar-refractivity contribution in [2.45, 2.75) is 39.5 Å². The third-order valence-electron chi connectivity index (χ3n) is 4.28. The molecule has 1 saturated heterocycles. The molecule has 136 valence electrons. The smallest absolute Gasteiger partial charge is 0.177 e. The molecule has 1 saturated carbocycles. The normalized spacial score (nSPS) is 19.8. The Hall–Kier alpha value is -1.94. The van der Waals surface area contributed by atoms with Gasteiger partial charge in [0.2, 0.25) is 0 Å². The summed E-state index contributed by atoms with van der Waals surface area (Å²) in [4.78, 5) is 4.41. The van der Waals surface area contributed by atoms with Gasteiger partial charge < -0.3 is 9.47 Å². The minimum absolute atomic E-state index is 0.0472. The highest BCUT2D eigenvalue weighted by Crippen LogP contribution is 2.28. The number of pyridine rings is 1. The van der Waals surface area contributed by atoms with Gasteiger partial charge in [0.15, 0.2) is 6.29 Å². The maximum Gasteiger partial charge on any atom is 0.177 e. The highest BCUT2D eigenvalue weighted by atomic mass is 35.5. The third-order valence-corrected chi connectivity index (χ3v) is 4.56. The number of rotatable bonds is 3. The summed E-state index contributed by atoms with van der Waals surface area (Å²) in [7, 11) is 0. The van der Waals surface area contributed by atoms with Crippen LogP contribution in [0.25, 0.3) is 11.4 Å². The van der Waals surface area contributed by atoms with E-state index >= 15 is 0 Å². The van der Waals surface area contributed by atoms with E-state index < -0.39 is 0 Å². The summed E-state index contributed by atoms with van der Waals surface area (Å²) in [5.41, 5.74) is 2.09. The highest BCUT2D eigenvalue weighted by Gasteiger charge is 2.28. The lowest BCUT2D eigenvalue weighted by Gasteiger charge is -2.34. The summed E-state index contributed by atoms with van der Waals surface area (Å²) < 4.78 is 13.2. The van der Waals surface area contributed by atoms with Gasteiger partial charge in [0.05, 0.1) is 31.0 Å². The molecule has 0 spiro atoms. The van der Waals surface area contributed by atoms with Gasteiger partial charge in [-0.15, -0.1) is 5.10 Å². The molecule has 3 heterocycles. The van der Waals surface area contributed by atoms with Crippen LogP contribution in [0.2, 0.25) is 5.02 Å². The van der Waals surface area contributed by atoms with Crippen LogP contribution in [-0.2, 0) is 16.0 Å². The maximum atomic E-state index is 6.37. The molecule has 0 atom stereocenters. The number of hydrogen-bond donors (Lipinski definition) is 0. The third kappa shape index (κ3) is 4.24. The summed E-state index contributed by atoms with van der Waals surface area (Å²) in [5.74, 6) is 6.87. The van der Waals surface area contributed by atoms with Crippen LogP contribution >= 0.6 is 11.6 Å². The zero-order valence-corrected chi connectivity index (χ0v) is 15.7. The number of aromatic nitrogens is 4. The first-order valence-corrected chi connectivity index (χ1v) is 9.17. The van der Waals surface area contributed by atoms with Crippen molar-refractivity contribution in [2.24, 2.45) is 11.3 Å². The molecule has 0 bridgehead atoms. The van der Waals surface area contributed by atoms with Crippen molar-refractivity contribution in [3.63, 3.8) is 0 Å². The molecule has 0 N–H and O–H groups in total. The van der Waals surface area contributed by atoms with Gasteiger partial charge in [-0.05, 0) is 18.9 Å². The van der Waals surface area contributed by atoms with E-state index in [0.717, 1.165) is 5.56 Å². The molecule has 0 radical (unpaired) electrons. The van der Waals surface area contributed by atoms with Crippen molar-refractivity contribution in [3.05, 3.63) is 29.0 Å². The van der Waals surface area contributed by atoms with Gasteiger partial charge in [-0.1, -0.05) is 42.5 Å². The van der Waals surface area contributed by atoms with Gasteiger partial charge >= 0.3 is 0 Å². The summed E-state index contributed by atoms with van der Waals surface area (Å²) in [5, 5.41) is 8.83. The standard InChI is InChI=1S/C19H21ClN4O2/c1-19(2)11-25-17(26-12-19)10-24-9-16(22-23-24)18-15(20)7-14(8-21-18)6-5-13-3-4-13/h7-9,13,17H,3-4,10-12H2,1-2H3. The first kappa shape index (κ1) is 17.5. The molecule has 1 aliphatic heterocycles. The Kier molecular flexibility index (Phi) is 4.70. The van der Waals surface area contributed by atoms with Gasteiger partial charge in [0, 0.05) is 23.1 Å². The largest absolute Gasteiger partial charge is 0.350 e. The highest BCUT2D eigenvalue weighted by molar-refractivity contribution is 6.33. The lowest BCUT2D eigenvalue weighted by atomic mass is 9.96. The van der Waals surface area contributed by atoms with Crippen molar-refractivity contribution in [1.82, 2.24) is 20.0 Å². The van der Waals surface area contributed by atoms with Gasteiger partial charge in [0.1, 0.15) is 11.4 Å². The molecular formula is C19H21ClN4O2. The first-order chi connectivity index (χ1) is 12.5. The van der Waals surface area contributed by atoms with E-state index in [1.165, 1.54) is 12.8 Å². The van der Waals surface area contributed by atoms with Gasteiger partial charge in [-0.25, -0.2) is 4.68 Å². The molecule has 26 heavy (non-hydrogen) atoms. The zero-order chi connectivity index (χ0) is 18.1. The van der Waals surface area contributed by atoms with Crippen LogP contribution in [-0.4, -0.2) is 39.5 Å². The summed E-state index contributed by atoms with van der Waals surface area (Å²) in [6.45, 7) is 6.03. The van der Waals surface area contributed by atoms with Crippen molar-refractivity contribution < 1.29 is 9.47 Å². The zero-order valence-electron chi connectivity index (χ0n) is 14.9. The minimum atomic E-state index is -0.318. The molecule has 0 unspecified atom stereocenters.